The molecule has 7 rings (SSSR count). The fourth-order valence-electron chi connectivity index (χ4n) is 3.97. The third-order valence-corrected chi connectivity index (χ3v) is 15.6. The fraction of sp³-hybridized carbons (Fsp3) is 0. The highest BCUT2D eigenvalue weighted by atomic mass is 35.9. The van der Waals surface area contributed by atoms with E-state index in [1.165, 1.54) is 0 Å². The first-order valence-electron chi connectivity index (χ1n) is 9.47. The highest BCUT2D eigenvalue weighted by Gasteiger charge is 2.48. The van der Waals surface area contributed by atoms with Crippen LogP contribution in [0.2, 0.25) is 0 Å². The lowest BCUT2D eigenvalue weighted by Crippen LogP contribution is -2.16. The van der Waals surface area contributed by atoms with Crippen LogP contribution in [0.15, 0.2) is 86.6 Å². The highest BCUT2D eigenvalue weighted by Crippen LogP contribution is 2.84. The molecule has 0 radical (unpaired) electrons. The molecule has 3 aliphatic rings. The molecule has 2 unspecified atom stereocenters. The van der Waals surface area contributed by atoms with Gasteiger partial charge in [0.2, 0.25) is 0 Å². The van der Waals surface area contributed by atoms with Crippen LogP contribution in [0.3, 0.4) is 0 Å². The van der Waals surface area contributed by atoms with Gasteiger partial charge < -0.3 is 9.05 Å². The molecule has 4 aromatic rings. The van der Waals surface area contributed by atoms with Gasteiger partial charge in [0, 0.05) is 11.1 Å². The van der Waals surface area contributed by atoms with Gasteiger partial charge in [-0.3, -0.25) is 0 Å². The lowest BCUT2D eigenvalue weighted by molar-refractivity contribution is 0.562. The van der Waals surface area contributed by atoms with Gasteiger partial charge in [0.05, 0.1) is 23.8 Å². The first kappa shape index (κ1) is 19.2. The van der Waals surface area contributed by atoms with E-state index in [-0.39, 0.29) is 0 Å². The summed E-state index contributed by atoms with van der Waals surface area (Å²) in [6, 6.07) is 19.1. The van der Waals surface area contributed by atoms with E-state index in [0.717, 1.165) is 22.5 Å². The van der Waals surface area contributed by atoms with Crippen LogP contribution >= 0.6 is 43.6 Å². The summed E-state index contributed by atoms with van der Waals surface area (Å²) in [6.07, 6.45) is 3.37. The van der Waals surface area contributed by atoms with Crippen LogP contribution < -0.4 is 9.05 Å². The molecule has 160 valence electrons. The Morgan fingerprint density at radius 2 is 1.12 bits per heavy atom. The Kier molecular flexibility index (Phi) is 3.85. The van der Waals surface area contributed by atoms with Gasteiger partial charge in [-0.1, -0.05) is 24.3 Å². The maximum atomic E-state index is 6.74. The quantitative estimate of drug-likeness (QED) is 0.220. The smallest absolute Gasteiger partial charge is 0.383 e. The Balaban J connectivity index is 1.58. The normalized spacial score (nSPS) is 25.7. The third kappa shape index (κ3) is 2.57. The molecule has 0 bridgehead atoms. The Hall–Kier alpha value is -2.27. The first-order chi connectivity index (χ1) is 15.5. The maximum Gasteiger partial charge on any atom is 0.383 e. The number of halogens is 2. The molecule has 2 aromatic carbocycles. The Labute approximate surface area is 192 Å². The highest BCUT2D eigenvalue weighted by molar-refractivity contribution is 8.13. The van der Waals surface area contributed by atoms with Crippen molar-refractivity contribution in [3.8, 4) is 34.0 Å². The number of rotatable bonds is 0. The van der Waals surface area contributed by atoms with E-state index >= 15 is 0 Å². The minimum Gasteiger partial charge on any atom is -0.425 e. The molecular formula is C18H12Cl2N7O2P3. The summed E-state index contributed by atoms with van der Waals surface area (Å²) in [7, 11) is -6.49. The molecular weight excluding hydrogens is 510 g/mol. The van der Waals surface area contributed by atoms with Crippen LogP contribution in [-0.4, -0.2) is 19.1 Å². The van der Waals surface area contributed by atoms with E-state index in [0.29, 0.717) is 11.5 Å². The van der Waals surface area contributed by atoms with Crippen molar-refractivity contribution < 1.29 is 9.05 Å². The van der Waals surface area contributed by atoms with Gasteiger partial charge in [-0.15, -0.1) is 4.52 Å². The van der Waals surface area contributed by atoms with Crippen LogP contribution in [0, 0.1) is 0 Å². The van der Waals surface area contributed by atoms with Crippen molar-refractivity contribution in [2.75, 3.05) is 0 Å². The van der Waals surface area contributed by atoms with Crippen molar-refractivity contribution in [2.45, 2.75) is 0 Å². The van der Waals surface area contributed by atoms with Crippen LogP contribution in [0.25, 0.3) is 22.5 Å². The number of aromatic nitrogens is 4. The minimum atomic E-state index is -3.26. The molecule has 0 amide bonds. The van der Waals surface area contributed by atoms with Gasteiger partial charge >= 0.3 is 15.2 Å². The summed E-state index contributed by atoms with van der Waals surface area (Å²) >= 11 is 13.5. The summed E-state index contributed by atoms with van der Waals surface area (Å²) in [6.45, 7) is 0. The average Bonchev–Trinajstić information content (AvgIpc) is 3.44. The molecule has 0 N–H and O–H groups in total. The predicted octanol–water partition coefficient (Wildman–Crippen LogP) is 7.92. The van der Waals surface area contributed by atoms with Gasteiger partial charge in [0.15, 0.2) is 0 Å². The van der Waals surface area contributed by atoms with Crippen LogP contribution in [-0.2, 0) is 0 Å². The molecule has 0 aliphatic carbocycles. The van der Waals surface area contributed by atoms with Crippen LogP contribution in [0.4, 0.5) is 0 Å². The molecule has 32 heavy (non-hydrogen) atoms. The monoisotopic (exact) mass is 521 g/mol. The third-order valence-electron chi connectivity index (χ3n) is 5.19. The van der Waals surface area contributed by atoms with E-state index in [1.54, 1.807) is 21.3 Å². The van der Waals surface area contributed by atoms with E-state index in [9.17, 15) is 0 Å². The topological polar surface area (TPSA) is 91.2 Å². The molecule has 0 saturated heterocycles. The summed E-state index contributed by atoms with van der Waals surface area (Å²) in [5.74, 6) is -2.00. The second kappa shape index (κ2) is 6.40. The molecule has 0 fully saturated rings. The number of para-hydroxylation sites is 2. The Morgan fingerprint density at radius 3 is 1.69 bits per heavy atom. The standard InChI is InChI=1S/C18H12Cl2N7O2P3/c19-30(20)23-31(26-15(9-11-21-26)13-5-1-3-7-17(13)28-31)25-32(24-30)27-16(10-12-22-27)14-6-2-4-8-18(14)29-32/h1-12H. The number of hydrogen-bond donors (Lipinski definition) is 0. The second-order valence-corrected chi connectivity index (χ2v) is 16.7. The second-order valence-electron chi connectivity index (χ2n) is 7.14. The average molecular weight is 522 g/mol. The molecule has 2 aromatic heterocycles. The van der Waals surface area contributed by atoms with E-state index < -0.39 is 21.1 Å². The van der Waals surface area contributed by atoms with Crippen molar-refractivity contribution >= 4 is 43.6 Å². The minimum absolute atomic E-state index is 0.632. The van der Waals surface area contributed by atoms with Crippen LogP contribution in [0.5, 0.6) is 11.5 Å². The van der Waals surface area contributed by atoms with Crippen molar-refractivity contribution in [1.29, 1.82) is 0 Å². The number of benzene rings is 2. The zero-order chi connectivity index (χ0) is 21.6. The maximum absolute atomic E-state index is 6.74. The summed E-state index contributed by atoms with van der Waals surface area (Å²) < 4.78 is 30.8. The Bertz CT molecular complexity index is 1530. The number of nitrogens with zero attached hydrogens (tertiary/aromatic N) is 7. The summed E-state index contributed by atoms with van der Waals surface area (Å²) in [4.78, 5) is 0. The molecule has 2 atom stereocenters. The van der Waals surface area contributed by atoms with Gasteiger partial charge in [-0.2, -0.15) is 28.1 Å². The number of fused-ring (bicyclic) bond motifs is 8. The fourth-order valence-corrected chi connectivity index (χ4v) is 16.1. The zero-order valence-corrected chi connectivity index (χ0v) is 20.2. The van der Waals surface area contributed by atoms with Gasteiger partial charge in [-0.25, -0.2) is 0 Å². The largest absolute Gasteiger partial charge is 0.425 e. The van der Waals surface area contributed by atoms with Gasteiger partial charge in [0.1, 0.15) is 11.5 Å². The van der Waals surface area contributed by atoms with Crippen molar-refractivity contribution in [3.05, 3.63) is 73.1 Å². The van der Waals surface area contributed by atoms with Crippen molar-refractivity contribution in [2.24, 2.45) is 13.5 Å². The summed E-state index contributed by atoms with van der Waals surface area (Å²) in [5.41, 5.74) is 3.41. The zero-order valence-electron chi connectivity index (χ0n) is 16.0. The van der Waals surface area contributed by atoms with Gasteiger partial charge in [0.25, 0.3) is 5.91 Å². The van der Waals surface area contributed by atoms with E-state index in [1.807, 2.05) is 60.7 Å². The lowest BCUT2D eigenvalue weighted by atomic mass is 10.1. The number of hydrogen-bond acceptors (Lipinski definition) is 7. The molecule has 3 aliphatic heterocycles. The van der Waals surface area contributed by atoms with Gasteiger partial charge in [-0.05, 0) is 58.9 Å². The van der Waals surface area contributed by atoms with Crippen molar-refractivity contribution in [1.82, 2.24) is 19.1 Å². The Morgan fingerprint density at radius 1 is 0.625 bits per heavy atom. The van der Waals surface area contributed by atoms with E-state index in [4.69, 9.17) is 36.0 Å². The molecule has 2 spiro atoms. The first-order valence-corrected chi connectivity index (χ1v) is 16.1. The lowest BCUT2D eigenvalue weighted by Gasteiger charge is -2.36. The predicted molar refractivity (Wildman–Crippen MR) is 127 cm³/mol. The van der Waals surface area contributed by atoms with Crippen LogP contribution in [0.1, 0.15) is 0 Å². The molecule has 0 saturated carbocycles. The van der Waals surface area contributed by atoms with E-state index in [2.05, 4.69) is 19.2 Å². The molecule has 9 nitrogen and oxygen atoms in total. The van der Waals surface area contributed by atoms with Crippen molar-refractivity contribution in [3.63, 3.8) is 0 Å². The summed E-state index contributed by atoms with van der Waals surface area (Å²) in [5, 5.41) is 9.02. The SMILES string of the molecule is ClP1(Cl)=NP2(=NP3(=N1)Oc1ccccc1-c1ccnn13)Oc1ccccc1-c1ccnn12. The molecule has 5 heterocycles. The molecule has 14 heteroatoms.